The molecule has 0 amide bonds. The number of rotatable bonds is 5. The van der Waals surface area contributed by atoms with E-state index in [9.17, 15) is 9.59 Å². The van der Waals surface area contributed by atoms with Gasteiger partial charge in [0.2, 0.25) is 5.43 Å². The third-order valence-corrected chi connectivity index (χ3v) is 4.99. The average molecular weight is 365 g/mol. The van der Waals surface area contributed by atoms with Crippen molar-refractivity contribution in [2.75, 3.05) is 0 Å². The van der Waals surface area contributed by atoms with Crippen molar-refractivity contribution in [1.29, 1.82) is 0 Å². The molecule has 0 aliphatic heterocycles. The summed E-state index contributed by atoms with van der Waals surface area (Å²) in [6.45, 7) is 0.510. The van der Waals surface area contributed by atoms with E-state index in [1.165, 1.54) is 17.5 Å². The van der Waals surface area contributed by atoms with E-state index in [0.29, 0.717) is 17.4 Å². The molecule has 2 heterocycles. The summed E-state index contributed by atoms with van der Waals surface area (Å²) in [6.07, 6.45) is 1.44. The molecule has 0 atom stereocenters. The van der Waals surface area contributed by atoms with Gasteiger partial charge in [-0.15, -0.1) is 11.3 Å². The van der Waals surface area contributed by atoms with Gasteiger partial charge in [-0.2, -0.15) is 5.10 Å². The number of fused-ring (bicyclic) bond motifs is 2. The molecule has 4 rings (SSSR count). The highest BCUT2D eigenvalue weighted by Crippen LogP contribution is 2.22. The lowest BCUT2D eigenvalue weighted by Crippen LogP contribution is -2.15. The zero-order chi connectivity index (χ0) is 17.9. The standard InChI is InChI=1S/C19H15N3O3S/c23-16-11-20-22(15-7-3-1-5-13(15)16)10-9-19(24)25-12-18-21-14-6-2-4-8-17(14)26-18/h1-8,11H,9-10,12H2. The number of carbonyl (C=O) groups is 1. The normalized spacial score (nSPS) is 11.1. The molecule has 0 N–H and O–H groups in total. The summed E-state index contributed by atoms with van der Waals surface area (Å²) in [5, 5.41) is 5.47. The minimum absolute atomic E-state index is 0.129. The number of thiazole rings is 1. The largest absolute Gasteiger partial charge is 0.458 e. The Morgan fingerprint density at radius 1 is 1.12 bits per heavy atom. The molecule has 0 saturated heterocycles. The van der Waals surface area contributed by atoms with Crippen LogP contribution >= 0.6 is 11.3 Å². The molecule has 0 aliphatic carbocycles. The second-order valence-electron chi connectivity index (χ2n) is 5.74. The Bertz CT molecular complexity index is 1120. The second-order valence-corrected chi connectivity index (χ2v) is 6.85. The smallest absolute Gasteiger partial charge is 0.308 e. The number of aromatic nitrogens is 3. The van der Waals surface area contributed by atoms with Gasteiger partial charge in [-0.1, -0.05) is 24.3 Å². The van der Waals surface area contributed by atoms with Gasteiger partial charge in [0.1, 0.15) is 11.6 Å². The van der Waals surface area contributed by atoms with Gasteiger partial charge < -0.3 is 4.74 Å². The van der Waals surface area contributed by atoms with E-state index >= 15 is 0 Å². The number of ether oxygens (including phenoxy) is 1. The van der Waals surface area contributed by atoms with Crippen LogP contribution in [0.15, 0.2) is 59.5 Å². The quantitative estimate of drug-likeness (QED) is 0.508. The monoisotopic (exact) mass is 365 g/mol. The summed E-state index contributed by atoms with van der Waals surface area (Å²) in [5.41, 5.74) is 1.49. The van der Waals surface area contributed by atoms with Crippen LogP contribution < -0.4 is 5.43 Å². The summed E-state index contributed by atoms with van der Waals surface area (Å²) < 4.78 is 8.04. The van der Waals surface area contributed by atoms with E-state index in [-0.39, 0.29) is 24.4 Å². The molecule has 7 heteroatoms. The average Bonchev–Trinajstić information content (AvgIpc) is 3.09. The van der Waals surface area contributed by atoms with Crippen LogP contribution in [0, 0.1) is 0 Å². The fourth-order valence-electron chi connectivity index (χ4n) is 2.73. The molecular formula is C19H15N3O3S. The Balaban J connectivity index is 1.40. The van der Waals surface area contributed by atoms with Gasteiger partial charge in [0, 0.05) is 5.39 Å². The number of carbonyl (C=O) groups excluding carboxylic acids is 1. The zero-order valence-corrected chi connectivity index (χ0v) is 14.6. The molecule has 2 aromatic heterocycles. The lowest BCUT2D eigenvalue weighted by atomic mass is 10.2. The van der Waals surface area contributed by atoms with E-state index in [4.69, 9.17) is 4.74 Å². The Labute approximate surface area is 152 Å². The third-order valence-electron chi connectivity index (χ3n) is 3.98. The van der Waals surface area contributed by atoms with E-state index in [1.54, 1.807) is 16.8 Å². The first-order valence-corrected chi connectivity index (χ1v) is 8.97. The highest BCUT2D eigenvalue weighted by atomic mass is 32.1. The zero-order valence-electron chi connectivity index (χ0n) is 13.8. The van der Waals surface area contributed by atoms with Gasteiger partial charge in [-0.3, -0.25) is 14.3 Å². The molecule has 0 spiro atoms. The van der Waals surface area contributed by atoms with E-state index < -0.39 is 0 Å². The van der Waals surface area contributed by atoms with Crippen molar-refractivity contribution in [1.82, 2.24) is 14.8 Å². The van der Waals surface area contributed by atoms with Gasteiger partial charge >= 0.3 is 5.97 Å². The van der Waals surface area contributed by atoms with Gasteiger partial charge in [0.05, 0.1) is 34.9 Å². The number of aryl methyl sites for hydroxylation is 1. The Morgan fingerprint density at radius 3 is 2.81 bits per heavy atom. The van der Waals surface area contributed by atoms with Gasteiger partial charge in [-0.05, 0) is 24.3 Å². The molecule has 2 aromatic carbocycles. The van der Waals surface area contributed by atoms with Crippen molar-refractivity contribution in [2.45, 2.75) is 19.6 Å². The van der Waals surface area contributed by atoms with E-state index in [1.807, 2.05) is 36.4 Å². The highest BCUT2D eigenvalue weighted by Gasteiger charge is 2.09. The summed E-state index contributed by atoms with van der Waals surface area (Å²) in [7, 11) is 0. The molecule has 0 radical (unpaired) electrons. The van der Waals surface area contributed by atoms with Crippen LogP contribution in [0.2, 0.25) is 0 Å². The Kier molecular flexibility index (Phi) is 4.45. The molecule has 4 aromatic rings. The van der Waals surface area contributed by atoms with Crippen LogP contribution in [0.5, 0.6) is 0 Å². The molecule has 0 bridgehead atoms. The van der Waals surface area contributed by atoms with Crippen molar-refractivity contribution in [3.8, 4) is 0 Å². The first kappa shape index (κ1) is 16.4. The van der Waals surface area contributed by atoms with Crippen molar-refractivity contribution >= 4 is 38.4 Å². The maximum Gasteiger partial charge on any atom is 0.308 e. The second kappa shape index (κ2) is 7.05. The molecule has 0 unspecified atom stereocenters. The number of hydrogen-bond acceptors (Lipinski definition) is 6. The highest BCUT2D eigenvalue weighted by molar-refractivity contribution is 7.18. The summed E-state index contributed by atoms with van der Waals surface area (Å²) in [6, 6.07) is 15.0. The van der Waals surface area contributed by atoms with E-state index in [2.05, 4.69) is 10.1 Å². The first-order chi connectivity index (χ1) is 12.7. The molecule has 0 aliphatic rings. The summed E-state index contributed by atoms with van der Waals surface area (Å²) in [5.74, 6) is -0.325. The van der Waals surface area contributed by atoms with Crippen LogP contribution in [0.1, 0.15) is 11.4 Å². The van der Waals surface area contributed by atoms with Crippen LogP contribution in [0.4, 0.5) is 0 Å². The van der Waals surface area contributed by atoms with E-state index in [0.717, 1.165) is 15.2 Å². The lowest BCUT2D eigenvalue weighted by molar-refractivity contribution is -0.145. The topological polar surface area (TPSA) is 74.1 Å². The summed E-state index contributed by atoms with van der Waals surface area (Å²) >= 11 is 1.52. The fraction of sp³-hybridized carbons (Fsp3) is 0.158. The maximum absolute atomic E-state index is 12.1. The van der Waals surface area contributed by atoms with Crippen LogP contribution in [0.3, 0.4) is 0 Å². The van der Waals surface area contributed by atoms with Gasteiger partial charge in [0.15, 0.2) is 0 Å². The molecule has 0 saturated carbocycles. The van der Waals surface area contributed by atoms with Crippen molar-refractivity contribution < 1.29 is 9.53 Å². The molecule has 130 valence electrons. The number of para-hydroxylation sites is 2. The number of esters is 1. The number of hydrogen-bond donors (Lipinski definition) is 0. The molecule has 0 fully saturated rings. The third kappa shape index (κ3) is 3.34. The van der Waals surface area contributed by atoms with Crippen molar-refractivity contribution in [2.24, 2.45) is 0 Å². The lowest BCUT2D eigenvalue weighted by Gasteiger charge is -2.08. The Hall–Kier alpha value is -3.06. The number of nitrogens with zero attached hydrogens (tertiary/aromatic N) is 3. The Morgan fingerprint density at radius 2 is 1.92 bits per heavy atom. The minimum atomic E-state index is -0.325. The predicted octanol–water partition coefficient (Wildman–Crippen LogP) is 3.14. The maximum atomic E-state index is 12.1. The minimum Gasteiger partial charge on any atom is -0.458 e. The van der Waals surface area contributed by atoms with Crippen LogP contribution in [0.25, 0.3) is 21.1 Å². The SMILES string of the molecule is O=C(CCn1ncc(=O)c2ccccc21)OCc1nc2ccccc2s1. The molecule has 6 nitrogen and oxygen atoms in total. The number of benzene rings is 2. The van der Waals surface area contributed by atoms with Gasteiger partial charge in [-0.25, -0.2) is 4.98 Å². The summed E-state index contributed by atoms with van der Waals surface area (Å²) in [4.78, 5) is 28.3. The molecular weight excluding hydrogens is 350 g/mol. The first-order valence-electron chi connectivity index (χ1n) is 8.16. The molecule has 26 heavy (non-hydrogen) atoms. The predicted molar refractivity (Wildman–Crippen MR) is 100 cm³/mol. The fourth-order valence-corrected chi connectivity index (χ4v) is 3.61. The van der Waals surface area contributed by atoms with Crippen LogP contribution in [-0.4, -0.2) is 20.7 Å². The van der Waals surface area contributed by atoms with Crippen molar-refractivity contribution in [3.05, 3.63) is 70.0 Å². The van der Waals surface area contributed by atoms with Crippen LogP contribution in [-0.2, 0) is 22.7 Å². The van der Waals surface area contributed by atoms with Crippen molar-refractivity contribution in [3.63, 3.8) is 0 Å². The van der Waals surface area contributed by atoms with Gasteiger partial charge in [0.25, 0.3) is 0 Å².